The number of hydrogen-bond donors (Lipinski definition) is 0. The van der Waals surface area contributed by atoms with Crippen LogP contribution in [0.4, 0.5) is 8.78 Å². The average Bonchev–Trinajstić information content (AvgIpc) is 3.36. The lowest BCUT2D eigenvalue weighted by Gasteiger charge is -2.15. The number of Topliss-reactive ketones (excluding diaryl/α,β-unsaturated/α-hetero) is 1. The number of halogens is 2. The molecule has 1 amide bonds. The number of benzene rings is 1. The van der Waals surface area contributed by atoms with Crippen molar-refractivity contribution in [3.63, 3.8) is 0 Å². The van der Waals surface area contributed by atoms with Gasteiger partial charge in [-0.15, -0.1) is 0 Å². The lowest BCUT2D eigenvalue weighted by Crippen LogP contribution is -2.30. The van der Waals surface area contributed by atoms with Crippen LogP contribution in [0, 0.1) is 5.82 Å². The maximum Gasteiger partial charge on any atom is 0.257 e. The summed E-state index contributed by atoms with van der Waals surface area (Å²) in [7, 11) is 3.03. The van der Waals surface area contributed by atoms with Gasteiger partial charge in [0, 0.05) is 38.6 Å². The van der Waals surface area contributed by atoms with Crippen molar-refractivity contribution in [1.82, 2.24) is 29.0 Å². The predicted molar refractivity (Wildman–Crippen MR) is 113 cm³/mol. The van der Waals surface area contributed by atoms with Crippen molar-refractivity contribution in [2.75, 3.05) is 20.3 Å². The third-order valence-corrected chi connectivity index (χ3v) is 5.05. The minimum absolute atomic E-state index is 0.0763. The van der Waals surface area contributed by atoms with Crippen LogP contribution in [0.1, 0.15) is 26.5 Å². The number of nitrogens with zero attached hydrogens (tertiary/aromatic N) is 6. The first-order valence-electron chi connectivity index (χ1n) is 9.84. The molecular weight excluding hydrogens is 418 g/mol. The van der Waals surface area contributed by atoms with Gasteiger partial charge in [-0.2, -0.15) is 5.10 Å². The van der Waals surface area contributed by atoms with E-state index < -0.39 is 12.6 Å². The molecule has 0 fully saturated rings. The number of imidazole rings is 1. The summed E-state index contributed by atoms with van der Waals surface area (Å²) >= 11 is 0. The summed E-state index contributed by atoms with van der Waals surface area (Å²) in [5, 5.41) is 4.02. The minimum Gasteiger partial charge on any atom is -0.339 e. The van der Waals surface area contributed by atoms with Crippen LogP contribution < -0.4 is 0 Å². The summed E-state index contributed by atoms with van der Waals surface area (Å²) in [4.78, 5) is 35.6. The zero-order chi connectivity index (χ0) is 22.8. The fourth-order valence-corrected chi connectivity index (χ4v) is 3.40. The van der Waals surface area contributed by atoms with E-state index in [0.717, 1.165) is 0 Å². The van der Waals surface area contributed by atoms with E-state index in [9.17, 15) is 18.4 Å². The number of hydrogen-bond acceptors (Lipinski definition) is 5. The Bertz CT molecular complexity index is 1310. The topological polar surface area (TPSA) is 85.4 Å². The molecule has 0 saturated heterocycles. The van der Waals surface area contributed by atoms with Crippen molar-refractivity contribution in [3.8, 4) is 11.3 Å². The Kier molecular flexibility index (Phi) is 5.76. The summed E-state index contributed by atoms with van der Waals surface area (Å²) in [6.07, 6.45) is 4.67. The molecule has 3 aromatic heterocycles. The van der Waals surface area contributed by atoms with Gasteiger partial charge in [0.1, 0.15) is 18.2 Å². The van der Waals surface area contributed by atoms with Crippen LogP contribution in [0.25, 0.3) is 17.0 Å². The second-order valence-electron chi connectivity index (χ2n) is 7.31. The zero-order valence-electron chi connectivity index (χ0n) is 17.5. The average molecular weight is 438 g/mol. The Morgan fingerprint density at radius 2 is 2.00 bits per heavy atom. The number of aryl methyl sites for hydroxylation is 1. The van der Waals surface area contributed by atoms with Crippen molar-refractivity contribution in [3.05, 3.63) is 71.7 Å². The van der Waals surface area contributed by atoms with Crippen molar-refractivity contribution in [1.29, 1.82) is 0 Å². The van der Waals surface area contributed by atoms with Crippen molar-refractivity contribution in [2.45, 2.75) is 6.42 Å². The van der Waals surface area contributed by atoms with Gasteiger partial charge in [-0.05, 0) is 18.2 Å². The molecule has 0 spiro atoms. The van der Waals surface area contributed by atoms with Crippen molar-refractivity contribution >= 4 is 17.5 Å². The number of carbonyl (C=O) groups excluding carboxylic acids is 2. The minimum atomic E-state index is -0.683. The molecule has 3 heterocycles. The molecular formula is C22H20F2N6O2. The Morgan fingerprint density at radius 3 is 2.75 bits per heavy atom. The summed E-state index contributed by atoms with van der Waals surface area (Å²) in [5.74, 6) is -0.831. The largest absolute Gasteiger partial charge is 0.339 e. The Morgan fingerprint density at radius 1 is 1.19 bits per heavy atom. The lowest BCUT2D eigenvalue weighted by atomic mass is 10.1. The van der Waals surface area contributed by atoms with Gasteiger partial charge < -0.3 is 4.90 Å². The van der Waals surface area contributed by atoms with Crippen LogP contribution in [0.2, 0.25) is 0 Å². The number of aromatic nitrogens is 5. The SMILES string of the molecule is CN(CCF)C(=O)c1cnn(C)c1C(=O)Cc1ccn2cc(-c3cccc(F)c3)nc2n1. The monoisotopic (exact) mass is 438 g/mol. The van der Waals surface area contributed by atoms with Gasteiger partial charge in [0.2, 0.25) is 5.78 Å². The number of rotatable bonds is 7. The molecule has 0 radical (unpaired) electrons. The van der Waals surface area contributed by atoms with Crippen LogP contribution in [-0.2, 0) is 13.5 Å². The highest BCUT2D eigenvalue weighted by Crippen LogP contribution is 2.20. The molecule has 8 nitrogen and oxygen atoms in total. The van der Waals surface area contributed by atoms with Crippen LogP contribution in [-0.4, -0.2) is 61.0 Å². The van der Waals surface area contributed by atoms with Gasteiger partial charge in [-0.25, -0.2) is 18.7 Å². The molecule has 0 aliphatic rings. The molecule has 4 aromatic rings. The molecule has 0 saturated carbocycles. The van der Waals surface area contributed by atoms with Crippen LogP contribution in [0.15, 0.2) is 48.9 Å². The quantitative estimate of drug-likeness (QED) is 0.414. The molecule has 0 unspecified atom stereocenters. The molecule has 0 aliphatic heterocycles. The highest BCUT2D eigenvalue weighted by molar-refractivity contribution is 6.07. The second kappa shape index (κ2) is 8.66. The van der Waals surface area contributed by atoms with E-state index in [1.165, 1.54) is 35.0 Å². The Hall–Kier alpha value is -3.95. The molecule has 164 valence electrons. The molecule has 1 aromatic carbocycles. The number of amides is 1. The standard InChI is InChI=1S/C22H20F2N6O2/c1-28(9-7-23)21(32)17-12-25-29(2)20(17)19(31)11-16-6-8-30-13-18(27-22(30)26-16)14-4-3-5-15(24)10-14/h3-6,8,10,12-13H,7,9,11H2,1-2H3. The first-order valence-corrected chi connectivity index (χ1v) is 9.84. The molecule has 0 N–H and O–H groups in total. The van der Waals surface area contributed by atoms with Crippen LogP contribution in [0.3, 0.4) is 0 Å². The molecule has 0 aliphatic carbocycles. The van der Waals surface area contributed by atoms with Gasteiger partial charge in [0.25, 0.3) is 5.91 Å². The highest BCUT2D eigenvalue weighted by atomic mass is 19.1. The number of alkyl halides is 1. The van der Waals surface area contributed by atoms with E-state index >= 15 is 0 Å². The number of ketones is 1. The van der Waals surface area contributed by atoms with Gasteiger partial charge >= 0.3 is 0 Å². The van der Waals surface area contributed by atoms with Crippen molar-refractivity contribution < 1.29 is 18.4 Å². The van der Waals surface area contributed by atoms with Gasteiger partial charge in [0.15, 0.2) is 5.78 Å². The highest BCUT2D eigenvalue weighted by Gasteiger charge is 2.24. The van der Waals surface area contributed by atoms with E-state index in [0.29, 0.717) is 22.7 Å². The first kappa shape index (κ1) is 21.3. The van der Waals surface area contributed by atoms with E-state index in [-0.39, 0.29) is 35.8 Å². The van der Waals surface area contributed by atoms with Crippen LogP contribution >= 0.6 is 0 Å². The molecule has 4 rings (SSSR count). The van der Waals surface area contributed by atoms with Gasteiger partial charge in [-0.3, -0.25) is 18.7 Å². The predicted octanol–water partition coefficient (Wildman–Crippen LogP) is 2.74. The third-order valence-electron chi connectivity index (χ3n) is 5.05. The van der Waals surface area contributed by atoms with E-state index in [1.54, 1.807) is 42.0 Å². The molecule has 0 bridgehead atoms. The fourth-order valence-electron chi connectivity index (χ4n) is 3.40. The normalized spacial score (nSPS) is 11.1. The second-order valence-corrected chi connectivity index (χ2v) is 7.31. The summed E-state index contributed by atoms with van der Waals surface area (Å²) in [5.41, 5.74) is 1.87. The van der Waals surface area contributed by atoms with Gasteiger partial charge in [0.05, 0.1) is 29.6 Å². The smallest absolute Gasteiger partial charge is 0.257 e. The third kappa shape index (κ3) is 4.11. The lowest BCUT2D eigenvalue weighted by molar-refractivity contribution is 0.0779. The molecule has 10 heteroatoms. The maximum atomic E-state index is 13.5. The number of carbonyl (C=O) groups is 2. The maximum absolute atomic E-state index is 13.5. The molecule has 0 atom stereocenters. The van der Waals surface area contributed by atoms with Crippen LogP contribution in [0.5, 0.6) is 0 Å². The zero-order valence-corrected chi connectivity index (χ0v) is 17.5. The Balaban J connectivity index is 1.60. The summed E-state index contributed by atoms with van der Waals surface area (Å²) in [6.45, 7) is -0.759. The van der Waals surface area contributed by atoms with E-state index in [4.69, 9.17) is 0 Å². The Labute approximate surface area is 182 Å². The van der Waals surface area contributed by atoms with Gasteiger partial charge in [-0.1, -0.05) is 12.1 Å². The summed E-state index contributed by atoms with van der Waals surface area (Å²) in [6, 6.07) is 7.76. The number of fused-ring (bicyclic) bond motifs is 1. The first-order chi connectivity index (χ1) is 15.4. The van der Waals surface area contributed by atoms with E-state index in [1.807, 2.05) is 0 Å². The fraction of sp³-hybridized carbons (Fsp3) is 0.227. The molecule has 32 heavy (non-hydrogen) atoms. The van der Waals surface area contributed by atoms with Crippen molar-refractivity contribution in [2.24, 2.45) is 7.05 Å². The van der Waals surface area contributed by atoms with E-state index in [2.05, 4.69) is 15.1 Å². The summed E-state index contributed by atoms with van der Waals surface area (Å²) < 4.78 is 29.1.